The monoisotopic (exact) mass is 214 g/mol. The molecule has 2 N–H and O–H groups in total. The molecule has 5 heteroatoms. The number of nitrogens with one attached hydrogen (secondary N) is 1. The first-order valence-corrected chi connectivity index (χ1v) is 4.55. The van der Waals surface area contributed by atoms with Crippen molar-refractivity contribution in [3.05, 3.63) is 29.0 Å². The van der Waals surface area contributed by atoms with E-state index in [1.54, 1.807) is 13.0 Å². The van der Waals surface area contributed by atoms with Gasteiger partial charge in [0.1, 0.15) is 5.69 Å². The van der Waals surface area contributed by atoms with Gasteiger partial charge in [-0.25, -0.2) is 0 Å². The molecule has 14 heavy (non-hydrogen) atoms. The molecule has 76 valence electrons. The van der Waals surface area contributed by atoms with Gasteiger partial charge in [-0.2, -0.15) is 0 Å². The second-order valence-electron chi connectivity index (χ2n) is 2.92. The van der Waals surface area contributed by atoms with Crippen molar-refractivity contribution in [3.63, 3.8) is 0 Å². The molecule has 0 aromatic carbocycles. The molecule has 1 amide bonds. The fourth-order valence-corrected chi connectivity index (χ4v) is 1.02. The normalized spacial score (nSPS) is 12.2. The molecular formula is C9H11ClN2O2. The smallest absolute Gasteiger partial charge is 0.270 e. The third-order valence-corrected chi connectivity index (χ3v) is 1.75. The summed E-state index contributed by atoms with van der Waals surface area (Å²) in [5.74, 6) is -0.339. The standard InChI is InChI=1S/C9H11ClN2O2/c1-6(13)5-12-9(14)8-4-7(10)2-3-11-8/h2-4,6,13H,5H2,1H3,(H,12,14). The number of aliphatic hydroxyl groups excluding tert-OH is 1. The summed E-state index contributed by atoms with van der Waals surface area (Å²) in [5, 5.41) is 11.9. The molecule has 1 rings (SSSR count). The van der Waals surface area contributed by atoms with E-state index in [-0.39, 0.29) is 18.1 Å². The maximum Gasteiger partial charge on any atom is 0.270 e. The molecular weight excluding hydrogens is 204 g/mol. The second kappa shape index (κ2) is 4.93. The maximum absolute atomic E-state index is 11.4. The molecule has 0 bridgehead atoms. The second-order valence-corrected chi connectivity index (χ2v) is 3.35. The Hall–Kier alpha value is -1.13. The molecule has 4 nitrogen and oxygen atoms in total. The lowest BCUT2D eigenvalue weighted by molar-refractivity contribution is 0.0919. The van der Waals surface area contributed by atoms with Crippen LogP contribution >= 0.6 is 11.6 Å². The zero-order chi connectivity index (χ0) is 10.6. The summed E-state index contributed by atoms with van der Waals surface area (Å²) in [6, 6.07) is 3.06. The quantitative estimate of drug-likeness (QED) is 0.784. The van der Waals surface area contributed by atoms with Gasteiger partial charge >= 0.3 is 0 Å². The highest BCUT2D eigenvalue weighted by atomic mass is 35.5. The number of aliphatic hydroxyl groups is 1. The number of hydrogen-bond donors (Lipinski definition) is 2. The summed E-state index contributed by atoms with van der Waals surface area (Å²) in [6.07, 6.45) is 0.887. The molecule has 1 heterocycles. The summed E-state index contributed by atoms with van der Waals surface area (Å²) in [5.41, 5.74) is 0.248. The maximum atomic E-state index is 11.4. The van der Waals surface area contributed by atoms with Crippen LogP contribution < -0.4 is 5.32 Å². The first-order valence-electron chi connectivity index (χ1n) is 4.17. The van der Waals surface area contributed by atoms with Crippen LogP contribution in [0.2, 0.25) is 5.02 Å². The van der Waals surface area contributed by atoms with Crippen molar-refractivity contribution in [2.75, 3.05) is 6.54 Å². The number of halogens is 1. The first kappa shape index (κ1) is 10.9. The fraction of sp³-hybridized carbons (Fsp3) is 0.333. The van der Waals surface area contributed by atoms with Crippen LogP contribution in [0.15, 0.2) is 18.3 Å². The van der Waals surface area contributed by atoms with Crippen molar-refractivity contribution < 1.29 is 9.90 Å². The molecule has 0 fully saturated rings. The van der Waals surface area contributed by atoms with Gasteiger partial charge in [-0.05, 0) is 19.1 Å². The Labute approximate surface area is 86.9 Å². The Kier molecular flexibility index (Phi) is 3.85. The largest absolute Gasteiger partial charge is 0.392 e. The Morgan fingerprint density at radius 2 is 2.50 bits per heavy atom. The Morgan fingerprint density at radius 1 is 1.79 bits per heavy atom. The lowest BCUT2D eigenvalue weighted by atomic mass is 10.3. The molecule has 0 spiro atoms. The van der Waals surface area contributed by atoms with Gasteiger partial charge in [0.2, 0.25) is 0 Å². The van der Waals surface area contributed by atoms with Crippen LogP contribution in [0.25, 0.3) is 0 Å². The van der Waals surface area contributed by atoms with Crippen LogP contribution in [0, 0.1) is 0 Å². The van der Waals surface area contributed by atoms with Crippen LogP contribution in [0.4, 0.5) is 0 Å². The summed E-state index contributed by atoms with van der Waals surface area (Å²) in [4.78, 5) is 15.2. The first-order chi connectivity index (χ1) is 6.59. The number of nitrogens with zero attached hydrogens (tertiary/aromatic N) is 1. The summed E-state index contributed by atoms with van der Waals surface area (Å²) in [7, 11) is 0. The summed E-state index contributed by atoms with van der Waals surface area (Å²) >= 11 is 5.68. The fourth-order valence-electron chi connectivity index (χ4n) is 0.860. The minimum absolute atomic E-state index is 0.201. The average molecular weight is 215 g/mol. The van der Waals surface area contributed by atoms with E-state index in [1.165, 1.54) is 12.3 Å². The Bertz CT molecular complexity index is 328. The van der Waals surface area contributed by atoms with E-state index in [0.717, 1.165) is 0 Å². The molecule has 1 atom stereocenters. The molecule has 0 radical (unpaired) electrons. The molecule has 0 aliphatic heterocycles. The Balaban J connectivity index is 2.61. The van der Waals surface area contributed by atoms with E-state index in [4.69, 9.17) is 16.7 Å². The van der Waals surface area contributed by atoms with Crippen LogP contribution in [-0.2, 0) is 0 Å². The third-order valence-electron chi connectivity index (χ3n) is 1.51. The SMILES string of the molecule is CC(O)CNC(=O)c1cc(Cl)ccn1. The van der Waals surface area contributed by atoms with E-state index >= 15 is 0 Å². The molecule has 1 aromatic rings. The zero-order valence-electron chi connectivity index (χ0n) is 7.70. The van der Waals surface area contributed by atoms with Crippen molar-refractivity contribution >= 4 is 17.5 Å². The third kappa shape index (κ3) is 3.32. The van der Waals surface area contributed by atoms with Gasteiger partial charge in [0.15, 0.2) is 0 Å². The predicted molar refractivity (Wildman–Crippen MR) is 53.3 cm³/mol. The van der Waals surface area contributed by atoms with E-state index in [2.05, 4.69) is 10.3 Å². The molecule has 0 aliphatic carbocycles. The minimum Gasteiger partial charge on any atom is -0.392 e. The topological polar surface area (TPSA) is 62.2 Å². The molecule has 1 unspecified atom stereocenters. The molecule has 1 aromatic heterocycles. The zero-order valence-corrected chi connectivity index (χ0v) is 8.45. The van der Waals surface area contributed by atoms with E-state index in [1.807, 2.05) is 0 Å². The van der Waals surface area contributed by atoms with Crippen molar-refractivity contribution in [3.8, 4) is 0 Å². The number of amides is 1. The predicted octanol–water partition coefficient (Wildman–Crippen LogP) is 0.846. The van der Waals surface area contributed by atoms with Crippen molar-refractivity contribution in [2.45, 2.75) is 13.0 Å². The van der Waals surface area contributed by atoms with Crippen LogP contribution in [-0.4, -0.2) is 28.6 Å². The number of pyridine rings is 1. The van der Waals surface area contributed by atoms with Gasteiger partial charge in [0, 0.05) is 17.8 Å². The van der Waals surface area contributed by atoms with Gasteiger partial charge in [-0.1, -0.05) is 11.6 Å². The van der Waals surface area contributed by atoms with Gasteiger partial charge in [0.25, 0.3) is 5.91 Å². The number of carbonyl (C=O) groups excluding carboxylic acids is 1. The van der Waals surface area contributed by atoms with Gasteiger partial charge in [-0.15, -0.1) is 0 Å². The molecule has 0 saturated carbocycles. The highest BCUT2D eigenvalue weighted by Gasteiger charge is 2.07. The highest BCUT2D eigenvalue weighted by Crippen LogP contribution is 2.07. The van der Waals surface area contributed by atoms with E-state index in [0.29, 0.717) is 5.02 Å². The van der Waals surface area contributed by atoms with Crippen LogP contribution in [0.5, 0.6) is 0 Å². The van der Waals surface area contributed by atoms with Crippen LogP contribution in [0.1, 0.15) is 17.4 Å². The van der Waals surface area contributed by atoms with E-state index < -0.39 is 6.10 Å². The van der Waals surface area contributed by atoms with Crippen molar-refractivity contribution in [2.24, 2.45) is 0 Å². The number of carbonyl (C=O) groups is 1. The van der Waals surface area contributed by atoms with Crippen LogP contribution in [0.3, 0.4) is 0 Å². The Morgan fingerprint density at radius 3 is 3.07 bits per heavy atom. The van der Waals surface area contributed by atoms with Gasteiger partial charge in [0.05, 0.1) is 6.10 Å². The summed E-state index contributed by atoms with van der Waals surface area (Å²) in [6.45, 7) is 1.79. The highest BCUT2D eigenvalue weighted by molar-refractivity contribution is 6.30. The number of rotatable bonds is 3. The number of hydrogen-bond acceptors (Lipinski definition) is 3. The lowest BCUT2D eigenvalue weighted by Crippen LogP contribution is -2.31. The minimum atomic E-state index is -0.571. The average Bonchev–Trinajstić information content (AvgIpc) is 2.14. The number of aromatic nitrogens is 1. The van der Waals surface area contributed by atoms with Crippen molar-refractivity contribution in [1.29, 1.82) is 0 Å². The van der Waals surface area contributed by atoms with Gasteiger partial charge < -0.3 is 10.4 Å². The molecule has 0 aliphatic rings. The van der Waals surface area contributed by atoms with Gasteiger partial charge in [-0.3, -0.25) is 9.78 Å². The van der Waals surface area contributed by atoms with Crippen molar-refractivity contribution in [1.82, 2.24) is 10.3 Å². The molecule has 0 saturated heterocycles. The van der Waals surface area contributed by atoms with E-state index in [9.17, 15) is 4.79 Å². The summed E-state index contributed by atoms with van der Waals surface area (Å²) < 4.78 is 0. The lowest BCUT2D eigenvalue weighted by Gasteiger charge is -2.06.